The first-order valence-electron chi connectivity index (χ1n) is 7.49. The zero-order chi connectivity index (χ0) is 17.9. The molecule has 0 bridgehead atoms. The van der Waals surface area contributed by atoms with Crippen LogP contribution in [0.25, 0.3) is 0 Å². The average Bonchev–Trinajstić information content (AvgIpc) is 2.84. The fraction of sp³-hybridized carbons (Fsp3) is 0.294. The van der Waals surface area contributed by atoms with Crippen LogP contribution >= 0.6 is 22.9 Å². The number of halogens is 1. The minimum absolute atomic E-state index is 0.373. The second-order valence-electron chi connectivity index (χ2n) is 5.24. The molecule has 1 aromatic carbocycles. The SMILES string of the molecule is CCc1c(C)sc(NC(=O)C(C)Oc2ccccc2Cl)c1C(N)=O. The van der Waals surface area contributed by atoms with Crippen molar-refractivity contribution in [3.05, 3.63) is 45.3 Å². The van der Waals surface area contributed by atoms with Gasteiger partial charge in [0.2, 0.25) is 0 Å². The first kappa shape index (κ1) is 18.3. The maximum atomic E-state index is 12.4. The second kappa shape index (κ2) is 7.68. The van der Waals surface area contributed by atoms with E-state index in [4.69, 9.17) is 22.1 Å². The van der Waals surface area contributed by atoms with E-state index in [0.717, 1.165) is 10.4 Å². The Balaban J connectivity index is 2.18. The van der Waals surface area contributed by atoms with Gasteiger partial charge in [0.05, 0.1) is 10.6 Å². The van der Waals surface area contributed by atoms with Crippen LogP contribution in [-0.2, 0) is 11.2 Å². The number of anilines is 1. The van der Waals surface area contributed by atoms with Crippen molar-refractivity contribution in [2.75, 3.05) is 5.32 Å². The van der Waals surface area contributed by atoms with E-state index in [1.165, 1.54) is 11.3 Å². The van der Waals surface area contributed by atoms with E-state index in [-0.39, 0.29) is 5.91 Å². The predicted molar refractivity (Wildman–Crippen MR) is 97.1 cm³/mol. The lowest BCUT2D eigenvalue weighted by atomic mass is 10.1. The molecular formula is C17H19ClN2O3S. The van der Waals surface area contributed by atoms with Crippen molar-refractivity contribution in [3.8, 4) is 5.75 Å². The highest BCUT2D eigenvalue weighted by Gasteiger charge is 2.23. The van der Waals surface area contributed by atoms with Gasteiger partial charge in [-0.2, -0.15) is 0 Å². The van der Waals surface area contributed by atoms with E-state index in [1.807, 2.05) is 13.8 Å². The summed E-state index contributed by atoms with van der Waals surface area (Å²) in [4.78, 5) is 25.1. The summed E-state index contributed by atoms with van der Waals surface area (Å²) in [6.45, 7) is 5.45. The Labute approximate surface area is 149 Å². The lowest BCUT2D eigenvalue weighted by Crippen LogP contribution is -2.30. The summed E-state index contributed by atoms with van der Waals surface area (Å²) in [7, 11) is 0. The van der Waals surface area contributed by atoms with Crippen LogP contribution in [0.15, 0.2) is 24.3 Å². The maximum Gasteiger partial charge on any atom is 0.265 e. The number of carbonyl (C=O) groups is 2. The van der Waals surface area contributed by atoms with Crippen LogP contribution in [0.5, 0.6) is 5.75 Å². The Kier molecular flexibility index (Phi) is 5.85. The smallest absolute Gasteiger partial charge is 0.265 e. The Morgan fingerprint density at radius 2 is 2.04 bits per heavy atom. The number of ether oxygens (including phenoxy) is 1. The number of rotatable bonds is 6. The van der Waals surface area contributed by atoms with Gasteiger partial charge in [-0.1, -0.05) is 30.7 Å². The van der Waals surface area contributed by atoms with Crippen molar-refractivity contribution in [3.63, 3.8) is 0 Å². The number of thiophene rings is 1. The summed E-state index contributed by atoms with van der Waals surface area (Å²) in [5, 5.41) is 3.62. The van der Waals surface area contributed by atoms with E-state index in [0.29, 0.717) is 27.8 Å². The molecule has 0 aliphatic heterocycles. The number of nitrogens with one attached hydrogen (secondary N) is 1. The van der Waals surface area contributed by atoms with Gasteiger partial charge in [0, 0.05) is 4.88 Å². The molecule has 0 aliphatic carbocycles. The average molecular weight is 367 g/mol. The maximum absolute atomic E-state index is 12.4. The number of hydrogen-bond donors (Lipinski definition) is 2. The number of primary amides is 1. The molecule has 1 aromatic heterocycles. The van der Waals surface area contributed by atoms with Crippen LogP contribution in [0.1, 0.15) is 34.6 Å². The lowest BCUT2D eigenvalue weighted by molar-refractivity contribution is -0.122. The van der Waals surface area contributed by atoms with E-state index in [2.05, 4.69) is 5.32 Å². The second-order valence-corrected chi connectivity index (χ2v) is 6.87. The Morgan fingerprint density at radius 1 is 1.38 bits per heavy atom. The molecule has 2 aromatic rings. The molecule has 7 heteroatoms. The van der Waals surface area contributed by atoms with Crippen LogP contribution in [0.2, 0.25) is 5.02 Å². The van der Waals surface area contributed by atoms with Gasteiger partial charge in [-0.25, -0.2) is 0 Å². The first-order chi connectivity index (χ1) is 11.3. The number of hydrogen-bond acceptors (Lipinski definition) is 4. The molecule has 0 saturated carbocycles. The molecule has 24 heavy (non-hydrogen) atoms. The standard InChI is InChI=1S/C17H19ClN2O3S/c1-4-11-10(3)24-17(14(11)15(19)21)20-16(22)9(2)23-13-8-6-5-7-12(13)18/h5-9H,4H2,1-3H3,(H2,19,21)(H,20,22). The Morgan fingerprint density at radius 3 is 2.62 bits per heavy atom. The van der Waals surface area contributed by atoms with E-state index in [1.54, 1.807) is 31.2 Å². The van der Waals surface area contributed by atoms with Crippen LogP contribution in [0, 0.1) is 6.92 Å². The quantitative estimate of drug-likeness (QED) is 0.816. The first-order valence-corrected chi connectivity index (χ1v) is 8.68. The fourth-order valence-electron chi connectivity index (χ4n) is 2.35. The summed E-state index contributed by atoms with van der Waals surface area (Å²) < 4.78 is 5.59. The van der Waals surface area contributed by atoms with E-state index in [9.17, 15) is 9.59 Å². The largest absolute Gasteiger partial charge is 0.479 e. The number of nitrogens with two attached hydrogens (primary N) is 1. The zero-order valence-corrected chi connectivity index (χ0v) is 15.3. The monoisotopic (exact) mass is 366 g/mol. The summed E-state index contributed by atoms with van der Waals surface area (Å²) in [6, 6.07) is 6.92. The van der Waals surface area contributed by atoms with E-state index < -0.39 is 12.0 Å². The van der Waals surface area contributed by atoms with Gasteiger partial charge in [-0.3, -0.25) is 9.59 Å². The number of benzene rings is 1. The molecule has 1 atom stereocenters. The van der Waals surface area contributed by atoms with Crippen molar-refractivity contribution >= 4 is 39.8 Å². The van der Waals surface area contributed by atoms with Gasteiger partial charge in [0.1, 0.15) is 10.8 Å². The van der Waals surface area contributed by atoms with Crippen molar-refractivity contribution in [1.82, 2.24) is 0 Å². The zero-order valence-electron chi connectivity index (χ0n) is 13.7. The lowest BCUT2D eigenvalue weighted by Gasteiger charge is -2.15. The van der Waals surface area contributed by atoms with Gasteiger partial charge in [0.25, 0.3) is 11.8 Å². The molecule has 0 spiro atoms. The van der Waals surface area contributed by atoms with Gasteiger partial charge in [0.15, 0.2) is 6.10 Å². The third-order valence-corrected chi connectivity index (χ3v) is 4.93. The van der Waals surface area contributed by atoms with Gasteiger partial charge < -0.3 is 15.8 Å². The van der Waals surface area contributed by atoms with Crippen LogP contribution in [-0.4, -0.2) is 17.9 Å². The summed E-state index contributed by atoms with van der Waals surface area (Å²) >= 11 is 7.36. The molecule has 0 saturated heterocycles. The highest BCUT2D eigenvalue weighted by Crippen LogP contribution is 2.33. The summed E-state index contributed by atoms with van der Waals surface area (Å²) in [5.74, 6) is -0.499. The van der Waals surface area contributed by atoms with E-state index >= 15 is 0 Å². The van der Waals surface area contributed by atoms with Crippen LogP contribution < -0.4 is 15.8 Å². The minimum Gasteiger partial charge on any atom is -0.479 e. The molecule has 0 fully saturated rings. The number of carbonyl (C=O) groups excluding carboxylic acids is 2. The molecule has 0 radical (unpaired) electrons. The molecule has 1 heterocycles. The molecular weight excluding hydrogens is 348 g/mol. The van der Waals surface area contributed by atoms with Crippen LogP contribution in [0.4, 0.5) is 5.00 Å². The van der Waals surface area contributed by atoms with Gasteiger partial charge in [-0.05, 0) is 38.0 Å². The van der Waals surface area contributed by atoms with Crippen LogP contribution in [0.3, 0.4) is 0 Å². The molecule has 1 unspecified atom stereocenters. The Hall–Kier alpha value is -2.05. The predicted octanol–water partition coefficient (Wildman–Crippen LogP) is 3.78. The molecule has 128 valence electrons. The minimum atomic E-state index is -0.780. The Bertz CT molecular complexity index is 773. The number of aryl methyl sites for hydroxylation is 1. The molecule has 2 amide bonds. The third kappa shape index (κ3) is 3.88. The third-order valence-electron chi connectivity index (χ3n) is 3.56. The molecule has 3 N–H and O–H groups in total. The highest BCUT2D eigenvalue weighted by atomic mass is 35.5. The summed E-state index contributed by atoms with van der Waals surface area (Å²) in [6.07, 6.45) is -0.111. The fourth-order valence-corrected chi connectivity index (χ4v) is 3.68. The van der Waals surface area contributed by atoms with Gasteiger partial charge in [-0.15, -0.1) is 11.3 Å². The molecule has 2 rings (SSSR count). The van der Waals surface area contributed by atoms with Gasteiger partial charge >= 0.3 is 0 Å². The van der Waals surface area contributed by atoms with Crippen molar-refractivity contribution < 1.29 is 14.3 Å². The number of para-hydroxylation sites is 1. The highest BCUT2D eigenvalue weighted by molar-refractivity contribution is 7.16. The van der Waals surface area contributed by atoms with Crippen molar-refractivity contribution in [1.29, 1.82) is 0 Å². The summed E-state index contributed by atoms with van der Waals surface area (Å²) in [5.41, 5.74) is 6.70. The van der Waals surface area contributed by atoms with Crippen molar-refractivity contribution in [2.24, 2.45) is 5.73 Å². The molecule has 5 nitrogen and oxygen atoms in total. The number of amides is 2. The molecule has 0 aliphatic rings. The normalized spacial score (nSPS) is 11.8. The topological polar surface area (TPSA) is 81.4 Å². The van der Waals surface area contributed by atoms with Crippen molar-refractivity contribution in [2.45, 2.75) is 33.3 Å².